The lowest BCUT2D eigenvalue weighted by molar-refractivity contribution is -0.116. The van der Waals surface area contributed by atoms with Crippen LogP contribution in [0.5, 0.6) is 0 Å². The predicted octanol–water partition coefficient (Wildman–Crippen LogP) is 4.60. The van der Waals surface area contributed by atoms with Gasteiger partial charge in [-0.1, -0.05) is 35.0 Å². The van der Waals surface area contributed by atoms with Gasteiger partial charge in [-0.2, -0.15) is 0 Å². The molecule has 3 rings (SSSR count). The fourth-order valence-electron chi connectivity index (χ4n) is 2.96. The normalized spacial score (nSPS) is 10.7. The van der Waals surface area contributed by atoms with E-state index < -0.39 is 0 Å². The Morgan fingerprint density at radius 3 is 2.43 bits per heavy atom. The van der Waals surface area contributed by atoms with Crippen molar-refractivity contribution in [1.29, 1.82) is 0 Å². The molecule has 0 aliphatic carbocycles. The molecule has 0 spiro atoms. The van der Waals surface area contributed by atoms with Crippen LogP contribution < -0.4 is 5.32 Å². The van der Waals surface area contributed by atoms with Gasteiger partial charge in [-0.3, -0.25) is 9.59 Å². The molecule has 0 saturated carbocycles. The maximum Gasteiger partial charge on any atom is 0.255 e. The average Bonchev–Trinajstić information content (AvgIpc) is 3.05. The standard InChI is InChI=1S/C23H25N3O3S/c1-15-9-11-18(12-10-15)24-22(27)13-26(4)23(28)19-7-5-6-8-21(19)30-14-20-16(2)25-29-17(20)3/h5-12H,13-14H2,1-4H3,(H,24,27). The second-order valence-corrected chi connectivity index (χ2v) is 8.18. The van der Waals surface area contributed by atoms with Gasteiger partial charge in [0.25, 0.3) is 5.91 Å². The van der Waals surface area contributed by atoms with Crippen LogP contribution in [0.1, 0.15) is 32.9 Å². The van der Waals surface area contributed by atoms with E-state index in [1.54, 1.807) is 24.9 Å². The van der Waals surface area contributed by atoms with E-state index in [1.807, 2.05) is 63.2 Å². The van der Waals surface area contributed by atoms with Crippen LogP contribution in [0.4, 0.5) is 5.69 Å². The molecule has 0 atom stereocenters. The number of hydrogen-bond acceptors (Lipinski definition) is 5. The predicted molar refractivity (Wildman–Crippen MR) is 119 cm³/mol. The third kappa shape index (κ3) is 5.30. The summed E-state index contributed by atoms with van der Waals surface area (Å²) in [5.41, 5.74) is 4.29. The molecule has 1 N–H and O–H groups in total. The molecule has 1 aromatic heterocycles. The van der Waals surface area contributed by atoms with E-state index >= 15 is 0 Å². The third-order valence-electron chi connectivity index (χ3n) is 4.73. The Balaban J connectivity index is 1.65. The number of nitrogens with one attached hydrogen (secondary N) is 1. The Kier molecular flexibility index (Phi) is 6.95. The molecule has 0 aliphatic rings. The summed E-state index contributed by atoms with van der Waals surface area (Å²) in [6, 6.07) is 15.0. The number of nitrogens with zero attached hydrogens (tertiary/aromatic N) is 2. The van der Waals surface area contributed by atoms with Crippen LogP contribution in [0.25, 0.3) is 0 Å². The zero-order valence-electron chi connectivity index (χ0n) is 17.6. The van der Waals surface area contributed by atoms with Crippen molar-refractivity contribution in [1.82, 2.24) is 10.1 Å². The molecule has 0 unspecified atom stereocenters. The number of hydrogen-bond donors (Lipinski definition) is 1. The van der Waals surface area contributed by atoms with E-state index in [4.69, 9.17) is 4.52 Å². The van der Waals surface area contributed by atoms with Gasteiger partial charge in [0, 0.05) is 28.9 Å². The smallest absolute Gasteiger partial charge is 0.255 e. The molecule has 1 heterocycles. The van der Waals surface area contributed by atoms with Crippen molar-refractivity contribution in [3.05, 3.63) is 76.7 Å². The third-order valence-corrected chi connectivity index (χ3v) is 5.83. The number of anilines is 1. The largest absolute Gasteiger partial charge is 0.361 e. The van der Waals surface area contributed by atoms with E-state index in [2.05, 4.69) is 10.5 Å². The van der Waals surface area contributed by atoms with Crippen LogP contribution in [0.3, 0.4) is 0 Å². The van der Waals surface area contributed by atoms with E-state index in [-0.39, 0.29) is 18.4 Å². The number of carbonyl (C=O) groups excluding carboxylic acids is 2. The molecular formula is C23H25N3O3S. The topological polar surface area (TPSA) is 75.4 Å². The number of likely N-dealkylation sites (N-methyl/N-ethyl adjacent to an activating group) is 1. The van der Waals surface area contributed by atoms with Crippen molar-refractivity contribution in [2.75, 3.05) is 18.9 Å². The average molecular weight is 424 g/mol. The Bertz CT molecular complexity index is 1020. The van der Waals surface area contributed by atoms with Crippen molar-refractivity contribution in [3.63, 3.8) is 0 Å². The van der Waals surface area contributed by atoms with Crippen LogP contribution in [0.2, 0.25) is 0 Å². The first kappa shape index (κ1) is 21.6. The summed E-state index contributed by atoms with van der Waals surface area (Å²) < 4.78 is 5.22. The Hall–Kier alpha value is -3.06. The van der Waals surface area contributed by atoms with Gasteiger partial charge in [-0.25, -0.2) is 0 Å². The molecule has 0 bridgehead atoms. The lowest BCUT2D eigenvalue weighted by Gasteiger charge is -2.18. The van der Waals surface area contributed by atoms with Crippen molar-refractivity contribution in [2.45, 2.75) is 31.4 Å². The summed E-state index contributed by atoms with van der Waals surface area (Å²) in [6.07, 6.45) is 0. The minimum Gasteiger partial charge on any atom is -0.361 e. The first-order valence-electron chi connectivity index (χ1n) is 9.60. The first-order valence-corrected chi connectivity index (χ1v) is 10.6. The van der Waals surface area contributed by atoms with Crippen LogP contribution >= 0.6 is 11.8 Å². The van der Waals surface area contributed by atoms with Crippen molar-refractivity contribution in [2.24, 2.45) is 0 Å². The molecule has 0 radical (unpaired) electrons. The monoisotopic (exact) mass is 423 g/mol. The second-order valence-electron chi connectivity index (χ2n) is 7.16. The molecule has 3 aromatic rings. The quantitative estimate of drug-likeness (QED) is 0.562. The van der Waals surface area contributed by atoms with E-state index in [0.717, 1.165) is 27.5 Å². The summed E-state index contributed by atoms with van der Waals surface area (Å²) in [5, 5.41) is 6.80. The van der Waals surface area contributed by atoms with Gasteiger partial charge >= 0.3 is 0 Å². The minimum absolute atomic E-state index is 0.0322. The lowest BCUT2D eigenvalue weighted by Crippen LogP contribution is -2.35. The van der Waals surface area contributed by atoms with E-state index in [1.165, 1.54) is 4.90 Å². The number of thioether (sulfide) groups is 1. The Morgan fingerprint density at radius 1 is 1.07 bits per heavy atom. The van der Waals surface area contributed by atoms with Crippen LogP contribution in [0.15, 0.2) is 57.9 Å². The van der Waals surface area contributed by atoms with E-state index in [0.29, 0.717) is 17.0 Å². The fraction of sp³-hybridized carbons (Fsp3) is 0.261. The van der Waals surface area contributed by atoms with Gasteiger partial charge in [-0.05, 0) is 45.0 Å². The summed E-state index contributed by atoms with van der Waals surface area (Å²) in [5.74, 6) is 1.00. The van der Waals surface area contributed by atoms with Crippen LogP contribution in [-0.2, 0) is 10.5 Å². The number of aromatic nitrogens is 1. The number of aryl methyl sites for hydroxylation is 3. The fourth-order valence-corrected chi connectivity index (χ4v) is 4.15. The van der Waals surface area contributed by atoms with Crippen molar-refractivity contribution >= 4 is 29.3 Å². The molecule has 2 aromatic carbocycles. The number of rotatable bonds is 7. The molecule has 0 saturated heterocycles. The Labute approximate surface area is 180 Å². The zero-order valence-corrected chi connectivity index (χ0v) is 18.4. The van der Waals surface area contributed by atoms with E-state index in [9.17, 15) is 9.59 Å². The highest BCUT2D eigenvalue weighted by atomic mass is 32.2. The first-order chi connectivity index (χ1) is 14.3. The highest BCUT2D eigenvalue weighted by Gasteiger charge is 2.19. The molecule has 0 aliphatic heterocycles. The van der Waals surface area contributed by atoms with Crippen molar-refractivity contribution in [3.8, 4) is 0 Å². The highest BCUT2D eigenvalue weighted by molar-refractivity contribution is 7.98. The van der Waals surface area contributed by atoms with Crippen LogP contribution in [0, 0.1) is 20.8 Å². The molecular weight excluding hydrogens is 398 g/mol. The maximum absolute atomic E-state index is 13.0. The summed E-state index contributed by atoms with van der Waals surface area (Å²) >= 11 is 1.55. The van der Waals surface area contributed by atoms with Gasteiger partial charge < -0.3 is 14.7 Å². The van der Waals surface area contributed by atoms with Crippen molar-refractivity contribution < 1.29 is 14.1 Å². The van der Waals surface area contributed by atoms with Crippen LogP contribution in [-0.4, -0.2) is 35.5 Å². The molecule has 6 nitrogen and oxygen atoms in total. The maximum atomic E-state index is 13.0. The van der Waals surface area contributed by atoms with Gasteiger partial charge in [0.05, 0.1) is 17.8 Å². The van der Waals surface area contributed by atoms with Gasteiger partial charge in [0.15, 0.2) is 0 Å². The molecule has 156 valence electrons. The summed E-state index contributed by atoms with van der Waals surface area (Å²) in [7, 11) is 1.63. The number of benzene rings is 2. The van der Waals surface area contributed by atoms with Gasteiger partial charge in [-0.15, -0.1) is 11.8 Å². The lowest BCUT2D eigenvalue weighted by atomic mass is 10.2. The zero-order chi connectivity index (χ0) is 21.7. The minimum atomic E-state index is -0.240. The second kappa shape index (κ2) is 9.63. The molecule has 7 heteroatoms. The highest BCUT2D eigenvalue weighted by Crippen LogP contribution is 2.29. The van der Waals surface area contributed by atoms with Gasteiger partial charge in [0.1, 0.15) is 5.76 Å². The number of amides is 2. The summed E-state index contributed by atoms with van der Waals surface area (Å²) in [4.78, 5) is 27.6. The summed E-state index contributed by atoms with van der Waals surface area (Å²) in [6.45, 7) is 5.74. The molecule has 0 fully saturated rings. The Morgan fingerprint density at radius 2 is 1.77 bits per heavy atom. The number of carbonyl (C=O) groups is 2. The molecule has 2 amide bonds. The van der Waals surface area contributed by atoms with Gasteiger partial charge in [0.2, 0.25) is 5.91 Å². The molecule has 30 heavy (non-hydrogen) atoms. The SMILES string of the molecule is Cc1ccc(NC(=O)CN(C)C(=O)c2ccccc2SCc2c(C)noc2C)cc1.